The van der Waals surface area contributed by atoms with Crippen molar-refractivity contribution in [3.05, 3.63) is 42.1 Å². The Kier molecular flexibility index (Phi) is 4.30. The van der Waals surface area contributed by atoms with Gasteiger partial charge in [0.25, 0.3) is 5.91 Å². The first-order valence-corrected chi connectivity index (χ1v) is 13.5. The molecule has 4 heterocycles. The highest BCUT2D eigenvalue weighted by atomic mass is 16.5. The molecule has 0 radical (unpaired) electrons. The van der Waals surface area contributed by atoms with E-state index in [2.05, 4.69) is 43.5 Å². The molecule has 1 unspecified atom stereocenters. The van der Waals surface area contributed by atoms with E-state index >= 15 is 0 Å². The number of hydrogen-bond acceptors (Lipinski definition) is 5. The number of imidazole rings is 1. The van der Waals surface area contributed by atoms with Crippen LogP contribution in [0.25, 0.3) is 33.6 Å². The lowest BCUT2D eigenvalue weighted by Crippen LogP contribution is -2.74. The number of carbonyl (C=O) groups is 1. The molecule has 0 spiro atoms. The molecule has 3 aliphatic carbocycles. The predicted molar refractivity (Wildman–Crippen MR) is 142 cm³/mol. The number of likely N-dealkylation sites (tertiary alicyclic amines) is 1. The van der Waals surface area contributed by atoms with Gasteiger partial charge in [0.2, 0.25) is 0 Å². The lowest BCUT2D eigenvalue weighted by Gasteiger charge is -2.63. The van der Waals surface area contributed by atoms with Crippen molar-refractivity contribution < 1.29 is 9.53 Å². The van der Waals surface area contributed by atoms with E-state index in [1.807, 2.05) is 31.4 Å². The van der Waals surface area contributed by atoms with Gasteiger partial charge in [-0.15, -0.1) is 0 Å². The maximum atomic E-state index is 13.5. The number of pyridine rings is 1. The van der Waals surface area contributed by atoms with Crippen molar-refractivity contribution >= 4 is 28.0 Å². The maximum Gasteiger partial charge on any atom is 0.251 e. The van der Waals surface area contributed by atoms with E-state index < -0.39 is 0 Å². The van der Waals surface area contributed by atoms with E-state index in [0.717, 1.165) is 65.4 Å². The lowest BCUT2D eigenvalue weighted by molar-refractivity contribution is -0.0716. The second kappa shape index (κ2) is 7.34. The highest BCUT2D eigenvalue weighted by molar-refractivity contribution is 6.00. The monoisotopic (exact) mass is 496 g/mol. The number of amides is 1. The van der Waals surface area contributed by atoms with Crippen molar-refractivity contribution in [3.63, 3.8) is 0 Å². The summed E-state index contributed by atoms with van der Waals surface area (Å²) in [6, 6.07) is 10.7. The van der Waals surface area contributed by atoms with Gasteiger partial charge in [0.15, 0.2) is 5.82 Å². The molecular formula is C29H32N6O2. The summed E-state index contributed by atoms with van der Waals surface area (Å²) < 4.78 is 10.2. The minimum absolute atomic E-state index is 0.0223. The summed E-state index contributed by atoms with van der Waals surface area (Å²) >= 11 is 0. The third kappa shape index (κ3) is 2.96. The van der Waals surface area contributed by atoms with Crippen LogP contribution in [0.5, 0.6) is 5.75 Å². The first-order valence-electron chi connectivity index (χ1n) is 13.5. The molecule has 8 heteroatoms. The zero-order chi connectivity index (χ0) is 25.1. The van der Waals surface area contributed by atoms with Crippen LogP contribution in [0.4, 0.5) is 0 Å². The molecule has 4 aromatic rings. The number of nitrogens with zero attached hydrogens (tertiary/aromatic N) is 5. The van der Waals surface area contributed by atoms with Gasteiger partial charge in [0, 0.05) is 54.8 Å². The van der Waals surface area contributed by atoms with E-state index in [1.54, 1.807) is 7.11 Å². The summed E-state index contributed by atoms with van der Waals surface area (Å²) in [5.41, 5.74) is 4.31. The van der Waals surface area contributed by atoms with Gasteiger partial charge in [-0.2, -0.15) is 0 Å². The largest absolute Gasteiger partial charge is 0.494 e. The fourth-order valence-corrected chi connectivity index (χ4v) is 7.70. The van der Waals surface area contributed by atoms with E-state index in [4.69, 9.17) is 9.72 Å². The van der Waals surface area contributed by atoms with Crippen LogP contribution in [0, 0.1) is 17.8 Å². The summed E-state index contributed by atoms with van der Waals surface area (Å²) in [5, 5.41) is 4.54. The molecule has 0 bridgehead atoms. The van der Waals surface area contributed by atoms with Gasteiger partial charge in [-0.05, 0) is 74.9 Å². The molecule has 1 aromatic carbocycles. The third-order valence-corrected chi connectivity index (χ3v) is 9.65. The zero-order valence-electron chi connectivity index (χ0n) is 21.6. The number of fused-ring (bicyclic) bond motifs is 2. The summed E-state index contributed by atoms with van der Waals surface area (Å²) in [7, 11) is 5.90. The molecule has 3 saturated carbocycles. The fraction of sp³-hybridized carbons (Fsp3) is 0.483. The number of carbonyl (C=O) groups excluding carboxylic acids is 1. The molecule has 3 aromatic heterocycles. The zero-order valence-corrected chi connectivity index (χ0v) is 21.6. The number of methoxy groups -OCH3 is 1. The van der Waals surface area contributed by atoms with E-state index in [0.29, 0.717) is 29.2 Å². The average molecular weight is 497 g/mol. The second-order valence-electron chi connectivity index (χ2n) is 11.9. The van der Waals surface area contributed by atoms with Gasteiger partial charge in [-0.1, -0.05) is 0 Å². The highest BCUT2D eigenvalue weighted by Gasteiger charge is 2.70. The Morgan fingerprint density at radius 2 is 2.08 bits per heavy atom. The minimum atomic E-state index is -0.0224. The molecule has 4 atom stereocenters. The normalized spacial score (nSPS) is 28.2. The fourth-order valence-electron chi connectivity index (χ4n) is 7.70. The average Bonchev–Trinajstić information content (AvgIpc) is 3.52. The molecule has 4 fully saturated rings. The second-order valence-corrected chi connectivity index (χ2v) is 11.9. The Morgan fingerprint density at radius 1 is 1.22 bits per heavy atom. The van der Waals surface area contributed by atoms with Crippen LogP contribution in [0.1, 0.15) is 36.0 Å². The molecule has 8 nitrogen and oxygen atoms in total. The maximum absolute atomic E-state index is 13.5. The van der Waals surface area contributed by atoms with E-state index in [9.17, 15) is 4.79 Å². The Bertz CT molecular complexity index is 1600. The first-order chi connectivity index (χ1) is 18.0. The van der Waals surface area contributed by atoms with Crippen molar-refractivity contribution in [3.8, 4) is 17.3 Å². The Labute approximate surface area is 215 Å². The van der Waals surface area contributed by atoms with E-state index in [1.165, 1.54) is 12.8 Å². The number of aryl methyl sites for hydroxylation is 1. The van der Waals surface area contributed by atoms with Crippen LogP contribution in [0.2, 0.25) is 0 Å². The molecule has 1 N–H and O–H groups in total. The van der Waals surface area contributed by atoms with Crippen LogP contribution in [0.15, 0.2) is 36.5 Å². The first kappa shape index (κ1) is 21.7. The summed E-state index contributed by atoms with van der Waals surface area (Å²) in [6.45, 7) is 2.11. The molecule has 1 saturated heterocycles. The lowest BCUT2D eigenvalue weighted by atomic mass is 9.47. The molecule has 1 amide bonds. The summed E-state index contributed by atoms with van der Waals surface area (Å²) in [4.78, 5) is 25.7. The standard InChI is InChI=1S/C29H32N6O2/c1-33-15-19-12-29(13-22(33)24(19)29)32-28(36)18-9-20-25(23(11-18)37-3)34(2)27(31-20)21-10-17-5-4-8-30-26(17)35(21)14-16-6-7-16/h4-5,8-11,16,19,22,24H,6-7,12-15H2,1-3H3,(H,32,36)/t19-,22-,24-,29?/m1/s1. The van der Waals surface area contributed by atoms with Gasteiger partial charge in [-0.3, -0.25) is 4.79 Å². The Hall–Kier alpha value is -3.39. The Balaban J connectivity index is 1.18. The smallest absolute Gasteiger partial charge is 0.251 e. The van der Waals surface area contributed by atoms with Crippen molar-refractivity contribution in [1.29, 1.82) is 0 Å². The number of nitrogens with one attached hydrogen (secondary N) is 1. The van der Waals surface area contributed by atoms with Crippen molar-refractivity contribution in [2.45, 2.75) is 43.8 Å². The van der Waals surface area contributed by atoms with Gasteiger partial charge >= 0.3 is 0 Å². The number of rotatable bonds is 6. The Morgan fingerprint density at radius 3 is 2.86 bits per heavy atom. The van der Waals surface area contributed by atoms with Crippen LogP contribution in [-0.2, 0) is 13.6 Å². The number of benzene rings is 1. The summed E-state index contributed by atoms with van der Waals surface area (Å²) in [6.07, 6.45) is 6.54. The van der Waals surface area contributed by atoms with Crippen molar-refractivity contribution in [2.24, 2.45) is 24.8 Å². The van der Waals surface area contributed by atoms with Crippen molar-refractivity contribution in [1.82, 2.24) is 29.3 Å². The van der Waals surface area contributed by atoms with E-state index in [-0.39, 0.29) is 11.4 Å². The SMILES string of the molecule is COc1cc(C(=O)NC23C[C@@H]4CN(C)[C@H](C2)[C@@H]43)cc2nc(-c3cc4cccnc4n3CC3CC3)n(C)c12. The highest BCUT2D eigenvalue weighted by Crippen LogP contribution is 2.63. The van der Waals surface area contributed by atoms with Crippen LogP contribution < -0.4 is 10.1 Å². The topological polar surface area (TPSA) is 77.2 Å². The number of aromatic nitrogens is 4. The third-order valence-electron chi connectivity index (χ3n) is 9.65. The minimum Gasteiger partial charge on any atom is -0.494 e. The van der Waals surface area contributed by atoms with Gasteiger partial charge in [0.1, 0.15) is 16.9 Å². The molecule has 37 heavy (non-hydrogen) atoms. The van der Waals surface area contributed by atoms with Crippen LogP contribution >= 0.6 is 0 Å². The van der Waals surface area contributed by atoms with Gasteiger partial charge in [0.05, 0.1) is 18.3 Å². The molecular weight excluding hydrogens is 464 g/mol. The summed E-state index contributed by atoms with van der Waals surface area (Å²) in [5.74, 6) is 3.55. The number of hydrogen-bond donors (Lipinski definition) is 1. The number of ether oxygens (including phenoxy) is 1. The molecule has 1 aliphatic heterocycles. The molecule has 190 valence electrons. The molecule has 4 aliphatic rings. The van der Waals surface area contributed by atoms with Crippen LogP contribution in [0.3, 0.4) is 0 Å². The predicted octanol–water partition coefficient (Wildman–Crippen LogP) is 3.83. The van der Waals surface area contributed by atoms with Gasteiger partial charge in [-0.25, -0.2) is 9.97 Å². The van der Waals surface area contributed by atoms with Gasteiger partial charge < -0.3 is 24.1 Å². The van der Waals surface area contributed by atoms with Crippen LogP contribution in [-0.4, -0.2) is 62.2 Å². The molecule has 8 rings (SSSR count). The van der Waals surface area contributed by atoms with Crippen molar-refractivity contribution in [2.75, 3.05) is 20.7 Å². The quantitative estimate of drug-likeness (QED) is 0.439.